The van der Waals surface area contributed by atoms with Gasteiger partial charge >= 0.3 is 0 Å². The number of hydrogen-bond acceptors (Lipinski definition) is 3. The number of nitrogens with zero attached hydrogens (tertiary/aromatic N) is 2. The van der Waals surface area contributed by atoms with Crippen molar-refractivity contribution in [1.29, 1.82) is 0 Å². The average Bonchev–Trinajstić information content (AvgIpc) is 2.94. The lowest BCUT2D eigenvalue weighted by Crippen LogP contribution is -2.31. The van der Waals surface area contributed by atoms with Crippen molar-refractivity contribution in [1.82, 2.24) is 9.80 Å². The molecule has 24 heavy (non-hydrogen) atoms. The predicted octanol–water partition coefficient (Wildman–Crippen LogP) is 2.13. The normalized spacial score (nSPS) is 22.0. The first-order chi connectivity index (χ1) is 11.6. The number of benzene rings is 1. The monoisotopic (exact) mass is 329 g/mol. The van der Waals surface area contributed by atoms with E-state index >= 15 is 0 Å². The highest BCUT2D eigenvalue weighted by molar-refractivity contribution is 5.97. The number of likely N-dealkylation sites (tertiary alicyclic amines) is 2. The first kappa shape index (κ1) is 17.0. The summed E-state index contributed by atoms with van der Waals surface area (Å²) in [6.45, 7) is 4.08. The van der Waals surface area contributed by atoms with Crippen LogP contribution in [0.15, 0.2) is 24.3 Å². The lowest BCUT2D eigenvalue weighted by Gasteiger charge is -2.26. The molecule has 2 fully saturated rings. The van der Waals surface area contributed by atoms with Crippen molar-refractivity contribution >= 4 is 17.5 Å². The Balaban J connectivity index is 1.47. The Hall–Kier alpha value is -1.88. The maximum absolute atomic E-state index is 12.2. The van der Waals surface area contributed by atoms with E-state index in [4.69, 9.17) is 0 Å². The summed E-state index contributed by atoms with van der Waals surface area (Å²) < 4.78 is 0. The van der Waals surface area contributed by atoms with Crippen molar-refractivity contribution < 1.29 is 9.59 Å². The van der Waals surface area contributed by atoms with Gasteiger partial charge in [-0.25, -0.2) is 0 Å². The van der Waals surface area contributed by atoms with Crippen molar-refractivity contribution in [3.63, 3.8) is 0 Å². The van der Waals surface area contributed by atoms with Gasteiger partial charge in [-0.15, -0.1) is 0 Å². The third kappa shape index (κ3) is 4.35. The summed E-state index contributed by atoms with van der Waals surface area (Å²) in [5, 5.41) is 2.93. The van der Waals surface area contributed by atoms with Crippen LogP contribution < -0.4 is 5.32 Å². The number of anilines is 1. The van der Waals surface area contributed by atoms with Gasteiger partial charge in [0.25, 0.3) is 0 Å². The van der Waals surface area contributed by atoms with Gasteiger partial charge < -0.3 is 15.1 Å². The number of nitrogens with one attached hydrogen (secondary N) is 1. The zero-order valence-electron chi connectivity index (χ0n) is 14.5. The van der Waals surface area contributed by atoms with Crippen LogP contribution in [0.1, 0.15) is 31.2 Å². The molecule has 0 aromatic heterocycles. The number of amides is 2. The highest BCUT2D eigenvalue weighted by atomic mass is 16.2. The third-order valence-corrected chi connectivity index (χ3v) is 5.10. The van der Waals surface area contributed by atoms with E-state index in [1.54, 1.807) is 11.9 Å². The molecule has 5 nitrogen and oxygen atoms in total. The van der Waals surface area contributed by atoms with Crippen LogP contribution in [0.4, 0.5) is 5.69 Å². The van der Waals surface area contributed by atoms with Crippen LogP contribution >= 0.6 is 0 Å². The molecule has 2 aliphatic heterocycles. The van der Waals surface area contributed by atoms with E-state index in [2.05, 4.69) is 22.3 Å². The lowest BCUT2D eigenvalue weighted by molar-refractivity contribution is -0.127. The third-order valence-electron chi connectivity index (χ3n) is 5.10. The summed E-state index contributed by atoms with van der Waals surface area (Å²) in [6.07, 6.45) is 5.38. The van der Waals surface area contributed by atoms with Gasteiger partial charge in [0.05, 0.1) is 5.92 Å². The summed E-state index contributed by atoms with van der Waals surface area (Å²) in [4.78, 5) is 27.9. The van der Waals surface area contributed by atoms with Crippen LogP contribution in [0.2, 0.25) is 0 Å². The maximum Gasteiger partial charge on any atom is 0.229 e. The Morgan fingerprint density at radius 2 is 1.88 bits per heavy atom. The van der Waals surface area contributed by atoms with E-state index in [1.807, 2.05) is 12.1 Å². The van der Waals surface area contributed by atoms with Crippen LogP contribution in [0.3, 0.4) is 0 Å². The highest BCUT2D eigenvalue weighted by Crippen LogP contribution is 2.19. The minimum absolute atomic E-state index is 0.0446. The van der Waals surface area contributed by atoms with E-state index in [1.165, 1.54) is 37.9 Å². The molecule has 5 heteroatoms. The molecular weight excluding hydrogens is 302 g/mol. The summed E-state index contributed by atoms with van der Waals surface area (Å²) in [7, 11) is 1.74. The molecule has 2 aliphatic rings. The van der Waals surface area contributed by atoms with Crippen LogP contribution in [-0.4, -0.2) is 54.8 Å². The molecule has 0 unspecified atom stereocenters. The van der Waals surface area contributed by atoms with Crippen LogP contribution in [0.5, 0.6) is 0 Å². The maximum atomic E-state index is 12.2. The molecule has 1 aromatic rings. The molecule has 0 radical (unpaired) electrons. The fourth-order valence-electron chi connectivity index (χ4n) is 3.51. The van der Waals surface area contributed by atoms with Crippen LogP contribution in [-0.2, 0) is 16.0 Å². The Morgan fingerprint density at radius 1 is 1.17 bits per heavy atom. The van der Waals surface area contributed by atoms with E-state index in [0.29, 0.717) is 13.0 Å². The van der Waals surface area contributed by atoms with Crippen LogP contribution in [0.25, 0.3) is 0 Å². The molecule has 1 aromatic carbocycles. The van der Waals surface area contributed by atoms with Crippen molar-refractivity contribution in [3.05, 3.63) is 29.8 Å². The number of carbonyl (C=O) groups is 2. The van der Waals surface area contributed by atoms with Gasteiger partial charge in [0, 0.05) is 32.2 Å². The smallest absolute Gasteiger partial charge is 0.229 e. The average molecular weight is 329 g/mol. The van der Waals surface area contributed by atoms with Crippen LogP contribution in [0, 0.1) is 5.92 Å². The molecule has 0 bridgehead atoms. The zero-order chi connectivity index (χ0) is 16.9. The van der Waals surface area contributed by atoms with E-state index in [-0.39, 0.29) is 17.7 Å². The second kappa shape index (κ2) is 7.79. The summed E-state index contributed by atoms with van der Waals surface area (Å²) in [5.74, 6) is -0.252. The van der Waals surface area contributed by atoms with Gasteiger partial charge in [-0.2, -0.15) is 0 Å². The van der Waals surface area contributed by atoms with Gasteiger partial charge in [0.15, 0.2) is 0 Å². The van der Waals surface area contributed by atoms with Crippen molar-refractivity contribution in [2.75, 3.05) is 38.5 Å². The Kier molecular flexibility index (Phi) is 5.51. The van der Waals surface area contributed by atoms with Gasteiger partial charge in [-0.05, 0) is 50.0 Å². The molecular formula is C19H27N3O2. The molecule has 130 valence electrons. The summed E-state index contributed by atoms with van der Waals surface area (Å²) in [5.41, 5.74) is 2.11. The first-order valence-corrected chi connectivity index (χ1v) is 8.98. The van der Waals surface area contributed by atoms with E-state index < -0.39 is 0 Å². The zero-order valence-corrected chi connectivity index (χ0v) is 14.5. The van der Waals surface area contributed by atoms with E-state index in [9.17, 15) is 9.59 Å². The summed E-state index contributed by atoms with van der Waals surface area (Å²) >= 11 is 0. The van der Waals surface area contributed by atoms with Crippen molar-refractivity contribution in [3.8, 4) is 0 Å². The quantitative estimate of drug-likeness (QED) is 0.900. The molecule has 2 saturated heterocycles. The minimum Gasteiger partial charge on any atom is -0.345 e. The molecule has 0 spiro atoms. The largest absolute Gasteiger partial charge is 0.345 e. The Labute approximate surface area is 144 Å². The fourth-order valence-corrected chi connectivity index (χ4v) is 3.51. The summed E-state index contributed by atoms with van der Waals surface area (Å²) in [6, 6.07) is 8.10. The molecule has 2 amide bonds. The molecule has 1 atom stereocenters. The van der Waals surface area contributed by atoms with Crippen molar-refractivity contribution in [2.45, 2.75) is 32.1 Å². The van der Waals surface area contributed by atoms with E-state index in [0.717, 1.165) is 18.7 Å². The molecule has 2 heterocycles. The Morgan fingerprint density at radius 3 is 2.50 bits per heavy atom. The number of piperidine rings is 1. The second-order valence-corrected chi connectivity index (χ2v) is 7.01. The SMILES string of the molecule is CN1C[C@@H](C(=O)Nc2ccc(CCN3CCCCC3)cc2)CC1=O. The molecule has 1 N–H and O–H groups in total. The Bertz CT molecular complexity index is 579. The topological polar surface area (TPSA) is 52.7 Å². The standard InChI is InChI=1S/C19H27N3O2/c1-21-14-16(13-18(21)23)19(24)20-17-7-5-15(6-8-17)9-12-22-10-3-2-4-11-22/h5-8,16H,2-4,9-14H2,1H3,(H,20,24)/t16-/m0/s1. The highest BCUT2D eigenvalue weighted by Gasteiger charge is 2.32. The molecule has 3 rings (SSSR count). The lowest BCUT2D eigenvalue weighted by atomic mass is 10.1. The number of rotatable bonds is 5. The predicted molar refractivity (Wildman–Crippen MR) is 94.8 cm³/mol. The molecule has 0 aliphatic carbocycles. The van der Waals surface area contributed by atoms with Gasteiger partial charge in [-0.1, -0.05) is 18.6 Å². The van der Waals surface area contributed by atoms with Gasteiger partial charge in [-0.3, -0.25) is 9.59 Å². The number of hydrogen-bond donors (Lipinski definition) is 1. The van der Waals surface area contributed by atoms with Crippen molar-refractivity contribution in [2.24, 2.45) is 5.92 Å². The fraction of sp³-hybridized carbons (Fsp3) is 0.579. The molecule has 0 saturated carbocycles. The second-order valence-electron chi connectivity index (χ2n) is 7.01. The number of carbonyl (C=O) groups excluding carboxylic acids is 2. The van der Waals surface area contributed by atoms with Gasteiger partial charge in [0.2, 0.25) is 11.8 Å². The first-order valence-electron chi connectivity index (χ1n) is 8.98. The minimum atomic E-state index is -0.235. The van der Waals surface area contributed by atoms with Gasteiger partial charge in [0.1, 0.15) is 0 Å².